The minimum absolute atomic E-state index is 0.0306. The lowest BCUT2D eigenvalue weighted by Crippen LogP contribution is -2.65. The summed E-state index contributed by atoms with van der Waals surface area (Å²) in [5, 5.41) is 11.9. The van der Waals surface area contributed by atoms with E-state index in [1.54, 1.807) is 12.5 Å². The fourth-order valence-electron chi connectivity index (χ4n) is 6.30. The standard InChI is InChI=1S/C20H28O4/c1-13-11-15-16-18(2,17(21)24-15)7-4-8-19(16,3)20(13,22)9-5-14-6-10-23-12-14/h6,10,12-13,15-16,22H,4-5,7-9,11H2,1-3H3/t13-,15-,16+,18-,19-,20+/m0/s1. The van der Waals surface area contributed by atoms with E-state index in [2.05, 4.69) is 20.8 Å². The topological polar surface area (TPSA) is 59.7 Å². The average molecular weight is 332 g/mol. The fraction of sp³-hybridized carbons (Fsp3) is 0.750. The van der Waals surface area contributed by atoms with Crippen molar-refractivity contribution in [2.45, 2.75) is 71.0 Å². The Hall–Kier alpha value is -1.29. The monoisotopic (exact) mass is 332 g/mol. The summed E-state index contributed by atoms with van der Waals surface area (Å²) in [4.78, 5) is 12.6. The van der Waals surface area contributed by atoms with Gasteiger partial charge >= 0.3 is 5.97 Å². The highest BCUT2D eigenvalue weighted by Crippen LogP contribution is 2.67. The Bertz CT molecular complexity index is 638. The highest BCUT2D eigenvalue weighted by Gasteiger charge is 2.70. The maximum absolute atomic E-state index is 12.6. The fourth-order valence-corrected chi connectivity index (χ4v) is 6.30. The summed E-state index contributed by atoms with van der Waals surface area (Å²) >= 11 is 0. The van der Waals surface area contributed by atoms with Crippen LogP contribution in [0.15, 0.2) is 23.0 Å². The van der Waals surface area contributed by atoms with E-state index >= 15 is 0 Å². The highest BCUT2D eigenvalue weighted by molar-refractivity contribution is 5.80. The number of hydrogen-bond acceptors (Lipinski definition) is 4. The molecule has 24 heavy (non-hydrogen) atoms. The smallest absolute Gasteiger partial charge is 0.312 e. The van der Waals surface area contributed by atoms with Crippen molar-refractivity contribution in [1.29, 1.82) is 0 Å². The van der Waals surface area contributed by atoms with Crippen molar-refractivity contribution in [3.63, 3.8) is 0 Å². The summed E-state index contributed by atoms with van der Waals surface area (Å²) in [5.41, 5.74) is -0.362. The molecule has 0 aromatic carbocycles. The number of aliphatic hydroxyl groups is 1. The van der Waals surface area contributed by atoms with Crippen LogP contribution in [0.2, 0.25) is 0 Å². The number of esters is 1. The molecule has 0 spiro atoms. The van der Waals surface area contributed by atoms with Crippen LogP contribution in [0.5, 0.6) is 0 Å². The number of carbonyl (C=O) groups excluding carboxylic acids is 1. The Morgan fingerprint density at radius 3 is 2.83 bits per heavy atom. The van der Waals surface area contributed by atoms with E-state index < -0.39 is 11.0 Å². The molecule has 4 heteroatoms. The third kappa shape index (κ3) is 1.92. The molecule has 2 aliphatic carbocycles. The first-order valence-electron chi connectivity index (χ1n) is 9.26. The number of hydrogen-bond donors (Lipinski definition) is 1. The normalized spacial score (nSPS) is 47.3. The molecule has 3 fully saturated rings. The molecule has 1 saturated heterocycles. The van der Waals surface area contributed by atoms with Crippen molar-refractivity contribution in [3.05, 3.63) is 24.2 Å². The van der Waals surface area contributed by atoms with E-state index in [-0.39, 0.29) is 29.3 Å². The lowest BCUT2D eigenvalue weighted by Gasteiger charge is -2.61. The van der Waals surface area contributed by atoms with Gasteiger partial charge in [0.05, 0.1) is 23.5 Å². The molecule has 132 valence electrons. The van der Waals surface area contributed by atoms with Gasteiger partial charge in [0.15, 0.2) is 0 Å². The number of ether oxygens (including phenoxy) is 1. The molecule has 1 aromatic rings. The second-order valence-corrected chi connectivity index (χ2v) is 8.80. The van der Waals surface area contributed by atoms with Gasteiger partial charge in [0, 0.05) is 11.3 Å². The van der Waals surface area contributed by atoms with Gasteiger partial charge in [-0.3, -0.25) is 4.79 Å². The molecule has 0 radical (unpaired) electrons. The Balaban J connectivity index is 1.70. The molecule has 1 aromatic heterocycles. The molecule has 0 unspecified atom stereocenters. The first kappa shape index (κ1) is 16.2. The van der Waals surface area contributed by atoms with Gasteiger partial charge in [-0.2, -0.15) is 0 Å². The van der Waals surface area contributed by atoms with Crippen LogP contribution < -0.4 is 0 Å². The van der Waals surface area contributed by atoms with Crippen molar-refractivity contribution >= 4 is 5.97 Å². The highest BCUT2D eigenvalue weighted by atomic mass is 16.6. The Labute approximate surface area is 143 Å². The van der Waals surface area contributed by atoms with Crippen LogP contribution in [0.1, 0.15) is 58.4 Å². The maximum Gasteiger partial charge on any atom is 0.312 e. The van der Waals surface area contributed by atoms with Crippen LogP contribution >= 0.6 is 0 Å². The maximum atomic E-state index is 12.6. The molecule has 1 N–H and O–H groups in total. The number of furan rings is 1. The van der Waals surface area contributed by atoms with Crippen molar-refractivity contribution in [1.82, 2.24) is 0 Å². The van der Waals surface area contributed by atoms with E-state index in [1.807, 2.05) is 6.07 Å². The third-order valence-corrected chi connectivity index (χ3v) is 7.63. The Morgan fingerprint density at radius 1 is 1.33 bits per heavy atom. The lowest BCUT2D eigenvalue weighted by atomic mass is 9.44. The van der Waals surface area contributed by atoms with Crippen molar-refractivity contribution < 1.29 is 19.1 Å². The van der Waals surface area contributed by atoms with Gasteiger partial charge in [-0.25, -0.2) is 0 Å². The Kier molecular flexibility index (Phi) is 3.44. The average Bonchev–Trinajstić information content (AvgIpc) is 3.12. The molecule has 3 aliphatic rings. The zero-order valence-electron chi connectivity index (χ0n) is 14.9. The van der Waals surface area contributed by atoms with Gasteiger partial charge in [0.25, 0.3) is 0 Å². The SMILES string of the molecule is C[C@H]1C[C@@H]2OC(=O)[C@@]3(C)CCC[C@@](C)([C@H]23)[C@@]1(O)CCc1ccoc1. The second kappa shape index (κ2) is 5.10. The second-order valence-electron chi connectivity index (χ2n) is 8.80. The van der Waals surface area contributed by atoms with Crippen molar-refractivity contribution in [3.8, 4) is 0 Å². The molecule has 4 nitrogen and oxygen atoms in total. The molecule has 2 heterocycles. The van der Waals surface area contributed by atoms with Crippen molar-refractivity contribution in [2.75, 3.05) is 0 Å². The summed E-state index contributed by atoms with van der Waals surface area (Å²) in [6.45, 7) is 6.38. The summed E-state index contributed by atoms with van der Waals surface area (Å²) in [6, 6.07) is 1.97. The molecular weight excluding hydrogens is 304 g/mol. The first-order valence-corrected chi connectivity index (χ1v) is 9.26. The van der Waals surface area contributed by atoms with Gasteiger partial charge in [0.2, 0.25) is 0 Å². The van der Waals surface area contributed by atoms with Crippen LogP contribution in [0.4, 0.5) is 0 Å². The molecule has 1 aliphatic heterocycles. The van der Waals surface area contributed by atoms with Crippen LogP contribution in [0.25, 0.3) is 0 Å². The predicted molar refractivity (Wildman–Crippen MR) is 89.2 cm³/mol. The predicted octanol–water partition coefficient (Wildman–Crippen LogP) is 3.72. The van der Waals surface area contributed by atoms with Crippen LogP contribution in [0, 0.1) is 22.7 Å². The molecule has 6 atom stereocenters. The molecule has 0 amide bonds. The summed E-state index contributed by atoms with van der Waals surface area (Å²) in [6.07, 6.45) is 8.51. The summed E-state index contributed by atoms with van der Waals surface area (Å²) < 4.78 is 11.0. The van der Waals surface area contributed by atoms with E-state index in [4.69, 9.17) is 9.15 Å². The van der Waals surface area contributed by atoms with Crippen LogP contribution in [-0.2, 0) is 16.0 Å². The van der Waals surface area contributed by atoms with E-state index in [9.17, 15) is 9.90 Å². The number of rotatable bonds is 3. The summed E-state index contributed by atoms with van der Waals surface area (Å²) in [7, 11) is 0. The Morgan fingerprint density at radius 2 is 2.12 bits per heavy atom. The molecule has 2 saturated carbocycles. The third-order valence-electron chi connectivity index (χ3n) is 7.63. The lowest BCUT2D eigenvalue weighted by molar-refractivity contribution is -0.217. The minimum atomic E-state index is -0.777. The number of carbonyl (C=O) groups is 1. The van der Waals surface area contributed by atoms with Gasteiger partial charge < -0.3 is 14.3 Å². The quantitative estimate of drug-likeness (QED) is 0.857. The molecule has 0 bridgehead atoms. The van der Waals surface area contributed by atoms with Crippen molar-refractivity contribution in [2.24, 2.45) is 22.7 Å². The first-order chi connectivity index (χ1) is 11.3. The minimum Gasteiger partial charge on any atom is -0.472 e. The molecule has 4 rings (SSSR count). The van der Waals surface area contributed by atoms with Gasteiger partial charge in [-0.1, -0.05) is 20.3 Å². The molecular formula is C20H28O4. The largest absolute Gasteiger partial charge is 0.472 e. The van der Waals surface area contributed by atoms with Crippen LogP contribution in [0.3, 0.4) is 0 Å². The summed E-state index contributed by atoms with van der Waals surface area (Å²) in [5.74, 6) is 0.190. The van der Waals surface area contributed by atoms with Gasteiger partial charge in [-0.05, 0) is 56.6 Å². The zero-order valence-corrected chi connectivity index (χ0v) is 14.9. The van der Waals surface area contributed by atoms with Crippen LogP contribution in [-0.4, -0.2) is 22.8 Å². The van der Waals surface area contributed by atoms with Gasteiger partial charge in [0.1, 0.15) is 6.10 Å². The number of aryl methyl sites for hydroxylation is 1. The zero-order chi connectivity index (χ0) is 17.2. The van der Waals surface area contributed by atoms with E-state index in [1.165, 1.54) is 0 Å². The van der Waals surface area contributed by atoms with Gasteiger partial charge in [-0.15, -0.1) is 0 Å². The van der Waals surface area contributed by atoms with E-state index in [0.29, 0.717) is 6.42 Å². The van der Waals surface area contributed by atoms with E-state index in [0.717, 1.165) is 37.7 Å².